The van der Waals surface area contributed by atoms with E-state index in [1.807, 2.05) is 0 Å². The zero-order valence-corrected chi connectivity index (χ0v) is 13.8. The number of amides is 1. The van der Waals surface area contributed by atoms with Gasteiger partial charge in [-0.2, -0.15) is 0 Å². The molecule has 2 aromatic rings. The van der Waals surface area contributed by atoms with E-state index in [-0.39, 0.29) is 5.91 Å². The van der Waals surface area contributed by atoms with Gasteiger partial charge < -0.3 is 10.1 Å². The fourth-order valence-corrected chi connectivity index (χ4v) is 2.46. The molecule has 0 aliphatic rings. The first-order chi connectivity index (χ1) is 10.5. The fraction of sp³-hybridized carbons (Fsp3) is 0.0625. The molecule has 3 nitrogen and oxygen atoms in total. The van der Waals surface area contributed by atoms with Crippen LogP contribution in [0.25, 0.3) is 6.08 Å². The van der Waals surface area contributed by atoms with Crippen LogP contribution in [0.2, 0.25) is 15.1 Å². The number of methoxy groups -OCH3 is 1. The monoisotopic (exact) mass is 355 g/mol. The minimum absolute atomic E-state index is 0.299. The Morgan fingerprint density at radius 1 is 1.09 bits per heavy atom. The highest BCUT2D eigenvalue weighted by molar-refractivity contribution is 6.35. The van der Waals surface area contributed by atoms with Crippen molar-refractivity contribution in [3.05, 3.63) is 63.1 Å². The van der Waals surface area contributed by atoms with Gasteiger partial charge in [-0.05, 0) is 42.0 Å². The zero-order valence-electron chi connectivity index (χ0n) is 11.6. The van der Waals surface area contributed by atoms with Crippen molar-refractivity contribution < 1.29 is 9.53 Å². The van der Waals surface area contributed by atoms with Crippen molar-refractivity contribution in [3.8, 4) is 5.75 Å². The first-order valence-corrected chi connectivity index (χ1v) is 7.40. The van der Waals surface area contributed by atoms with Crippen molar-refractivity contribution in [1.82, 2.24) is 0 Å². The summed E-state index contributed by atoms with van der Waals surface area (Å²) in [7, 11) is 1.53. The number of ether oxygens (including phenoxy) is 1. The van der Waals surface area contributed by atoms with E-state index in [4.69, 9.17) is 39.5 Å². The minimum Gasteiger partial charge on any atom is -0.495 e. The molecule has 0 atom stereocenters. The Morgan fingerprint density at radius 3 is 2.50 bits per heavy atom. The third kappa shape index (κ3) is 4.41. The Balaban J connectivity index is 2.06. The highest BCUT2D eigenvalue weighted by atomic mass is 35.5. The van der Waals surface area contributed by atoms with E-state index in [0.717, 1.165) is 0 Å². The van der Waals surface area contributed by atoms with Crippen LogP contribution in [0.5, 0.6) is 5.75 Å². The molecule has 0 aliphatic heterocycles. The largest absolute Gasteiger partial charge is 0.495 e. The number of halogens is 3. The second kappa shape index (κ2) is 7.54. The maximum atomic E-state index is 11.9. The molecule has 0 unspecified atom stereocenters. The van der Waals surface area contributed by atoms with Gasteiger partial charge in [0.15, 0.2) is 0 Å². The molecule has 0 saturated heterocycles. The molecule has 0 saturated carbocycles. The molecule has 0 bridgehead atoms. The number of benzene rings is 2. The molecule has 22 heavy (non-hydrogen) atoms. The maximum absolute atomic E-state index is 11.9. The van der Waals surface area contributed by atoms with Crippen LogP contribution in [0.15, 0.2) is 42.5 Å². The molecule has 2 aromatic carbocycles. The predicted molar refractivity (Wildman–Crippen MR) is 92.1 cm³/mol. The summed E-state index contributed by atoms with van der Waals surface area (Å²) in [5, 5.41) is 4.14. The number of carbonyl (C=O) groups is 1. The second-order valence-electron chi connectivity index (χ2n) is 4.34. The van der Waals surface area contributed by atoms with Crippen LogP contribution >= 0.6 is 34.8 Å². The molecule has 1 amide bonds. The van der Waals surface area contributed by atoms with Crippen molar-refractivity contribution >= 4 is 52.5 Å². The summed E-state index contributed by atoms with van der Waals surface area (Å²) in [5.41, 5.74) is 1.27. The van der Waals surface area contributed by atoms with Crippen LogP contribution in [0.4, 0.5) is 5.69 Å². The van der Waals surface area contributed by atoms with Crippen LogP contribution in [-0.4, -0.2) is 13.0 Å². The van der Waals surface area contributed by atoms with Gasteiger partial charge >= 0.3 is 0 Å². The van der Waals surface area contributed by atoms with Crippen molar-refractivity contribution in [2.24, 2.45) is 0 Å². The standard InChI is InChI=1S/C16H12Cl3NO2/c1-22-15-6-5-12(9-14(15)19)20-16(21)7-3-10-2-4-11(17)8-13(10)18/h2-9H,1H3,(H,20,21)/b7-3+. The predicted octanol–water partition coefficient (Wildman–Crippen LogP) is 5.31. The van der Waals surface area contributed by atoms with Crippen LogP contribution < -0.4 is 10.1 Å². The Labute approximate surface area is 143 Å². The molecule has 0 aliphatic carbocycles. The smallest absolute Gasteiger partial charge is 0.248 e. The summed E-state index contributed by atoms with van der Waals surface area (Å²) >= 11 is 17.8. The molecule has 114 valence electrons. The van der Waals surface area contributed by atoms with Crippen LogP contribution in [-0.2, 0) is 4.79 Å². The lowest BCUT2D eigenvalue weighted by atomic mass is 10.2. The molecule has 6 heteroatoms. The van der Waals surface area contributed by atoms with Crippen molar-refractivity contribution in [3.63, 3.8) is 0 Å². The van der Waals surface area contributed by atoms with E-state index in [9.17, 15) is 4.79 Å². The third-order valence-corrected chi connectivity index (χ3v) is 3.65. The molecule has 1 N–H and O–H groups in total. The Morgan fingerprint density at radius 2 is 1.86 bits per heavy atom. The Bertz CT molecular complexity index is 729. The molecular weight excluding hydrogens is 345 g/mol. The minimum atomic E-state index is -0.299. The molecule has 0 radical (unpaired) electrons. The van der Waals surface area contributed by atoms with Gasteiger partial charge in [-0.15, -0.1) is 0 Å². The SMILES string of the molecule is COc1ccc(NC(=O)/C=C/c2ccc(Cl)cc2Cl)cc1Cl. The van der Waals surface area contributed by atoms with Gasteiger partial charge in [-0.25, -0.2) is 0 Å². The molecule has 0 aromatic heterocycles. The molecule has 0 heterocycles. The number of rotatable bonds is 4. The zero-order chi connectivity index (χ0) is 16.1. The summed E-state index contributed by atoms with van der Waals surface area (Å²) in [6, 6.07) is 10.0. The average molecular weight is 357 g/mol. The highest BCUT2D eigenvalue weighted by Gasteiger charge is 2.04. The van der Waals surface area contributed by atoms with Gasteiger partial charge in [0.2, 0.25) is 5.91 Å². The third-order valence-electron chi connectivity index (χ3n) is 2.80. The number of hydrogen-bond donors (Lipinski definition) is 1. The quantitative estimate of drug-likeness (QED) is 0.754. The second-order valence-corrected chi connectivity index (χ2v) is 5.59. The normalized spacial score (nSPS) is 10.7. The van der Waals surface area contributed by atoms with Gasteiger partial charge in [-0.3, -0.25) is 4.79 Å². The summed E-state index contributed by atoms with van der Waals surface area (Å²) in [5.74, 6) is 0.246. The van der Waals surface area contributed by atoms with E-state index in [1.165, 1.54) is 13.2 Å². The van der Waals surface area contributed by atoms with E-state index in [0.29, 0.717) is 32.1 Å². The molecule has 0 spiro atoms. The Hall–Kier alpha value is -1.68. The van der Waals surface area contributed by atoms with E-state index < -0.39 is 0 Å². The van der Waals surface area contributed by atoms with Crippen LogP contribution in [0, 0.1) is 0 Å². The van der Waals surface area contributed by atoms with E-state index in [1.54, 1.807) is 42.5 Å². The fourth-order valence-electron chi connectivity index (χ4n) is 1.73. The summed E-state index contributed by atoms with van der Waals surface area (Å²) < 4.78 is 5.05. The summed E-state index contributed by atoms with van der Waals surface area (Å²) in [4.78, 5) is 11.9. The van der Waals surface area contributed by atoms with Crippen molar-refractivity contribution in [2.75, 3.05) is 12.4 Å². The average Bonchev–Trinajstić information content (AvgIpc) is 2.46. The number of anilines is 1. The first-order valence-electron chi connectivity index (χ1n) is 6.27. The van der Waals surface area contributed by atoms with Crippen molar-refractivity contribution in [1.29, 1.82) is 0 Å². The van der Waals surface area contributed by atoms with Crippen LogP contribution in [0.3, 0.4) is 0 Å². The topological polar surface area (TPSA) is 38.3 Å². The number of hydrogen-bond acceptors (Lipinski definition) is 2. The Kier molecular flexibility index (Phi) is 5.72. The highest BCUT2D eigenvalue weighted by Crippen LogP contribution is 2.27. The van der Waals surface area contributed by atoms with E-state index in [2.05, 4.69) is 5.32 Å². The van der Waals surface area contributed by atoms with Gasteiger partial charge in [0.25, 0.3) is 0 Å². The van der Waals surface area contributed by atoms with Gasteiger partial charge in [-0.1, -0.05) is 40.9 Å². The number of carbonyl (C=O) groups excluding carboxylic acids is 1. The lowest BCUT2D eigenvalue weighted by Gasteiger charge is -2.06. The van der Waals surface area contributed by atoms with Gasteiger partial charge in [0.1, 0.15) is 5.75 Å². The van der Waals surface area contributed by atoms with E-state index >= 15 is 0 Å². The number of nitrogens with one attached hydrogen (secondary N) is 1. The lowest BCUT2D eigenvalue weighted by Crippen LogP contribution is -2.07. The molecular formula is C16H12Cl3NO2. The maximum Gasteiger partial charge on any atom is 0.248 e. The van der Waals surface area contributed by atoms with Crippen molar-refractivity contribution in [2.45, 2.75) is 0 Å². The van der Waals surface area contributed by atoms with Gasteiger partial charge in [0.05, 0.1) is 12.1 Å². The van der Waals surface area contributed by atoms with Gasteiger partial charge in [0, 0.05) is 21.8 Å². The molecule has 2 rings (SSSR count). The van der Waals surface area contributed by atoms with Crippen LogP contribution in [0.1, 0.15) is 5.56 Å². The lowest BCUT2D eigenvalue weighted by molar-refractivity contribution is -0.111. The molecule has 0 fully saturated rings. The first kappa shape index (κ1) is 16.7. The summed E-state index contributed by atoms with van der Waals surface area (Å²) in [6.45, 7) is 0. The summed E-state index contributed by atoms with van der Waals surface area (Å²) in [6.07, 6.45) is 2.99.